The zero-order chi connectivity index (χ0) is 19.2. The molecule has 1 heterocycles. The molecule has 0 fully saturated rings. The van der Waals surface area contributed by atoms with Crippen LogP contribution in [0.4, 0.5) is 5.69 Å². The minimum atomic E-state index is -0.414. The summed E-state index contributed by atoms with van der Waals surface area (Å²) in [6, 6.07) is 16.6. The van der Waals surface area contributed by atoms with Crippen LogP contribution in [-0.2, 0) is 17.7 Å². The highest BCUT2D eigenvalue weighted by molar-refractivity contribution is 6.05. The summed E-state index contributed by atoms with van der Waals surface area (Å²) in [6.07, 6.45) is 2.29. The van der Waals surface area contributed by atoms with Gasteiger partial charge in [0.05, 0.1) is 36.7 Å². The van der Waals surface area contributed by atoms with E-state index in [1.54, 1.807) is 30.5 Å². The Bertz CT molecular complexity index is 931. The minimum absolute atomic E-state index is 0.225. The van der Waals surface area contributed by atoms with E-state index in [9.17, 15) is 9.59 Å². The van der Waals surface area contributed by atoms with Gasteiger partial charge in [-0.2, -0.15) is 5.10 Å². The van der Waals surface area contributed by atoms with Gasteiger partial charge in [-0.1, -0.05) is 37.3 Å². The Morgan fingerprint density at radius 2 is 1.78 bits per heavy atom. The molecule has 1 aromatic heterocycles. The molecule has 3 rings (SSSR count). The zero-order valence-electron chi connectivity index (χ0n) is 15.3. The summed E-state index contributed by atoms with van der Waals surface area (Å²) in [7, 11) is 1.33. The first-order valence-electron chi connectivity index (χ1n) is 8.70. The number of carbonyl (C=O) groups is 2. The van der Waals surface area contributed by atoms with Crippen molar-refractivity contribution in [3.8, 4) is 0 Å². The average molecular weight is 363 g/mol. The lowest BCUT2D eigenvalue weighted by Crippen LogP contribution is -2.15. The third kappa shape index (κ3) is 4.23. The van der Waals surface area contributed by atoms with Gasteiger partial charge in [0.25, 0.3) is 5.91 Å². The van der Waals surface area contributed by atoms with E-state index in [2.05, 4.69) is 15.2 Å². The van der Waals surface area contributed by atoms with Gasteiger partial charge in [-0.3, -0.25) is 9.48 Å². The number of methoxy groups -OCH3 is 1. The smallest absolute Gasteiger partial charge is 0.337 e. The molecule has 0 aliphatic carbocycles. The molecular weight excluding hydrogens is 342 g/mol. The number of benzene rings is 2. The van der Waals surface area contributed by atoms with Crippen molar-refractivity contribution in [2.45, 2.75) is 19.9 Å². The number of hydrogen-bond donors (Lipinski definition) is 1. The van der Waals surface area contributed by atoms with Gasteiger partial charge in [-0.25, -0.2) is 4.79 Å². The Hall–Kier alpha value is -3.41. The summed E-state index contributed by atoms with van der Waals surface area (Å²) in [5.41, 5.74) is 3.58. The Balaban J connectivity index is 1.76. The molecule has 6 nitrogen and oxygen atoms in total. The summed E-state index contributed by atoms with van der Waals surface area (Å²) in [5, 5.41) is 7.24. The van der Waals surface area contributed by atoms with Crippen LogP contribution in [0.1, 0.15) is 38.9 Å². The van der Waals surface area contributed by atoms with Crippen molar-refractivity contribution in [3.05, 3.63) is 83.2 Å². The number of carbonyl (C=O) groups excluding carboxylic acids is 2. The first kappa shape index (κ1) is 18.4. The quantitative estimate of drug-likeness (QED) is 0.680. The van der Waals surface area contributed by atoms with Crippen LogP contribution < -0.4 is 5.32 Å². The van der Waals surface area contributed by atoms with Crippen LogP contribution in [0, 0.1) is 0 Å². The van der Waals surface area contributed by atoms with E-state index < -0.39 is 5.97 Å². The Kier molecular flexibility index (Phi) is 5.66. The second-order valence-corrected chi connectivity index (χ2v) is 6.02. The van der Waals surface area contributed by atoms with Crippen molar-refractivity contribution >= 4 is 17.6 Å². The fourth-order valence-corrected chi connectivity index (χ4v) is 2.87. The Morgan fingerprint density at radius 1 is 1.07 bits per heavy atom. The van der Waals surface area contributed by atoms with Gasteiger partial charge < -0.3 is 10.1 Å². The van der Waals surface area contributed by atoms with E-state index in [-0.39, 0.29) is 5.91 Å². The molecule has 138 valence electrons. The molecule has 0 aliphatic rings. The van der Waals surface area contributed by atoms with E-state index >= 15 is 0 Å². The second kappa shape index (κ2) is 8.31. The summed E-state index contributed by atoms with van der Waals surface area (Å²) in [5.74, 6) is -0.639. The predicted molar refractivity (Wildman–Crippen MR) is 103 cm³/mol. The fourth-order valence-electron chi connectivity index (χ4n) is 2.87. The summed E-state index contributed by atoms with van der Waals surface area (Å²) >= 11 is 0. The summed E-state index contributed by atoms with van der Waals surface area (Å²) in [4.78, 5) is 24.2. The number of esters is 1. The third-order valence-electron chi connectivity index (χ3n) is 4.27. The van der Waals surface area contributed by atoms with Gasteiger partial charge in [-0.15, -0.1) is 0 Å². The topological polar surface area (TPSA) is 73.2 Å². The first-order valence-corrected chi connectivity index (χ1v) is 8.70. The molecule has 0 atom stereocenters. The molecule has 0 bridgehead atoms. The molecule has 1 amide bonds. The number of hydrogen-bond acceptors (Lipinski definition) is 4. The van der Waals surface area contributed by atoms with Gasteiger partial charge >= 0.3 is 5.97 Å². The van der Waals surface area contributed by atoms with Crippen molar-refractivity contribution in [3.63, 3.8) is 0 Å². The van der Waals surface area contributed by atoms with Gasteiger partial charge in [0, 0.05) is 5.69 Å². The maximum absolute atomic E-state index is 12.7. The van der Waals surface area contributed by atoms with Crippen LogP contribution in [0.25, 0.3) is 0 Å². The lowest BCUT2D eigenvalue weighted by molar-refractivity contribution is 0.0600. The zero-order valence-corrected chi connectivity index (χ0v) is 15.3. The molecule has 0 unspecified atom stereocenters. The van der Waals surface area contributed by atoms with Crippen LogP contribution in [0.5, 0.6) is 0 Å². The van der Waals surface area contributed by atoms with Gasteiger partial charge in [0.2, 0.25) is 0 Å². The largest absolute Gasteiger partial charge is 0.465 e. The Labute approximate surface area is 157 Å². The highest BCUT2D eigenvalue weighted by Crippen LogP contribution is 2.16. The van der Waals surface area contributed by atoms with E-state index in [4.69, 9.17) is 0 Å². The summed E-state index contributed by atoms with van der Waals surface area (Å²) in [6.45, 7) is 2.62. The second-order valence-electron chi connectivity index (χ2n) is 6.02. The van der Waals surface area contributed by atoms with Crippen molar-refractivity contribution in [2.24, 2.45) is 0 Å². The molecule has 2 aromatic carbocycles. The normalized spacial score (nSPS) is 10.4. The van der Waals surface area contributed by atoms with Gasteiger partial charge in [-0.05, 0) is 36.2 Å². The minimum Gasteiger partial charge on any atom is -0.465 e. The number of nitrogens with zero attached hydrogens (tertiary/aromatic N) is 2. The molecular formula is C21H21N3O3. The van der Waals surface area contributed by atoms with Crippen molar-refractivity contribution in [2.75, 3.05) is 12.4 Å². The van der Waals surface area contributed by atoms with Crippen LogP contribution in [0.15, 0.2) is 60.8 Å². The highest BCUT2D eigenvalue weighted by atomic mass is 16.5. The van der Waals surface area contributed by atoms with Gasteiger partial charge in [0.15, 0.2) is 0 Å². The number of amides is 1. The lowest BCUT2D eigenvalue weighted by atomic mass is 10.1. The van der Waals surface area contributed by atoms with Crippen LogP contribution >= 0.6 is 0 Å². The predicted octanol–water partition coefficient (Wildman–Crippen LogP) is 3.53. The monoisotopic (exact) mass is 363 g/mol. The number of rotatable bonds is 6. The molecule has 1 N–H and O–H groups in total. The molecule has 27 heavy (non-hydrogen) atoms. The van der Waals surface area contributed by atoms with Gasteiger partial charge in [0.1, 0.15) is 0 Å². The SMILES string of the molecule is CCc1c(C(=O)Nc2ccc(C(=O)OC)cc2)cnn1Cc1ccccc1. The maximum Gasteiger partial charge on any atom is 0.337 e. The van der Waals surface area contributed by atoms with E-state index in [0.717, 1.165) is 11.3 Å². The van der Waals surface area contributed by atoms with E-state index in [1.807, 2.05) is 41.9 Å². The highest BCUT2D eigenvalue weighted by Gasteiger charge is 2.17. The van der Waals surface area contributed by atoms with E-state index in [1.165, 1.54) is 7.11 Å². The van der Waals surface area contributed by atoms with Crippen molar-refractivity contribution in [1.29, 1.82) is 0 Å². The number of anilines is 1. The van der Waals surface area contributed by atoms with Crippen molar-refractivity contribution in [1.82, 2.24) is 9.78 Å². The maximum atomic E-state index is 12.7. The van der Waals surface area contributed by atoms with Crippen molar-refractivity contribution < 1.29 is 14.3 Å². The third-order valence-corrected chi connectivity index (χ3v) is 4.27. The molecule has 6 heteroatoms. The Morgan fingerprint density at radius 3 is 2.41 bits per heavy atom. The molecule has 0 saturated carbocycles. The average Bonchev–Trinajstić information content (AvgIpc) is 3.11. The summed E-state index contributed by atoms with van der Waals surface area (Å²) < 4.78 is 6.52. The molecule has 0 radical (unpaired) electrons. The first-order chi connectivity index (χ1) is 13.1. The number of ether oxygens (including phenoxy) is 1. The van der Waals surface area contributed by atoms with Crippen LogP contribution in [0.3, 0.4) is 0 Å². The molecule has 0 spiro atoms. The number of nitrogens with one attached hydrogen (secondary N) is 1. The van der Waals surface area contributed by atoms with Crippen LogP contribution in [-0.4, -0.2) is 28.8 Å². The lowest BCUT2D eigenvalue weighted by Gasteiger charge is -2.09. The number of aromatic nitrogens is 2. The molecule has 0 saturated heterocycles. The van der Waals surface area contributed by atoms with Crippen LogP contribution in [0.2, 0.25) is 0 Å². The van der Waals surface area contributed by atoms with E-state index in [0.29, 0.717) is 29.8 Å². The fraction of sp³-hybridized carbons (Fsp3) is 0.190. The molecule has 3 aromatic rings. The molecule has 0 aliphatic heterocycles. The standard InChI is InChI=1S/C21H21N3O3/c1-3-19-18(13-22-24(19)14-15-7-5-4-6-8-15)20(25)23-17-11-9-16(10-12-17)21(26)27-2/h4-13H,3,14H2,1-2H3,(H,23,25).